The number of aromatic nitrogens is 3. The van der Waals surface area contributed by atoms with Gasteiger partial charge in [0.15, 0.2) is 11.5 Å². The molecule has 0 bridgehead atoms. The molecule has 0 atom stereocenters. The fourth-order valence-corrected chi connectivity index (χ4v) is 2.79. The Morgan fingerprint density at radius 2 is 2.25 bits per heavy atom. The summed E-state index contributed by atoms with van der Waals surface area (Å²) in [5.41, 5.74) is 7.26. The van der Waals surface area contributed by atoms with E-state index in [4.69, 9.17) is 5.73 Å². The quantitative estimate of drug-likeness (QED) is 0.751. The van der Waals surface area contributed by atoms with Crippen LogP contribution in [0, 0.1) is 0 Å². The number of hydrogen-bond donors (Lipinski definition) is 1. The van der Waals surface area contributed by atoms with E-state index >= 15 is 0 Å². The smallest absolute Gasteiger partial charge is 0.178 e. The van der Waals surface area contributed by atoms with E-state index in [1.165, 1.54) is 0 Å². The van der Waals surface area contributed by atoms with Crippen LogP contribution in [0.4, 0.5) is 5.69 Å². The number of rotatable bonds is 1. The summed E-state index contributed by atoms with van der Waals surface area (Å²) in [6.07, 6.45) is 1.83. The van der Waals surface area contributed by atoms with Crippen LogP contribution in [0.15, 0.2) is 34.2 Å². The maximum atomic E-state index is 5.80. The van der Waals surface area contributed by atoms with E-state index < -0.39 is 0 Å². The summed E-state index contributed by atoms with van der Waals surface area (Å²) >= 11 is 5.05. The van der Waals surface area contributed by atoms with Gasteiger partial charge in [0.1, 0.15) is 0 Å². The Kier molecular flexibility index (Phi) is 2.19. The van der Waals surface area contributed by atoms with Crippen molar-refractivity contribution in [3.05, 3.63) is 34.2 Å². The molecular formula is C10H7BrN4S. The second-order valence-electron chi connectivity index (χ2n) is 3.32. The first kappa shape index (κ1) is 9.80. The van der Waals surface area contributed by atoms with Gasteiger partial charge in [-0.05, 0) is 33.4 Å². The average molecular weight is 295 g/mol. The van der Waals surface area contributed by atoms with Gasteiger partial charge in [-0.15, -0.1) is 21.5 Å². The molecule has 0 spiro atoms. The van der Waals surface area contributed by atoms with Crippen molar-refractivity contribution in [2.75, 3.05) is 5.73 Å². The van der Waals surface area contributed by atoms with Gasteiger partial charge in [-0.3, -0.25) is 4.40 Å². The van der Waals surface area contributed by atoms with Crippen LogP contribution in [0.3, 0.4) is 0 Å². The third-order valence-electron chi connectivity index (χ3n) is 2.22. The second kappa shape index (κ2) is 3.57. The van der Waals surface area contributed by atoms with Gasteiger partial charge < -0.3 is 5.73 Å². The zero-order valence-corrected chi connectivity index (χ0v) is 10.5. The Bertz CT molecular complexity index is 644. The molecule has 0 unspecified atom stereocenters. The largest absolute Gasteiger partial charge is 0.397 e. The molecule has 0 fully saturated rings. The summed E-state index contributed by atoms with van der Waals surface area (Å²) in [6.45, 7) is 0. The summed E-state index contributed by atoms with van der Waals surface area (Å²) in [6, 6.07) is 5.82. The molecule has 0 aliphatic rings. The van der Waals surface area contributed by atoms with Crippen LogP contribution in [-0.4, -0.2) is 14.6 Å². The first-order chi connectivity index (χ1) is 7.75. The number of nitrogen functional groups attached to an aromatic ring is 1. The number of nitrogens with two attached hydrogens (primary N) is 1. The molecule has 4 nitrogen and oxygen atoms in total. The lowest BCUT2D eigenvalue weighted by atomic mass is 10.4. The highest BCUT2D eigenvalue weighted by atomic mass is 79.9. The Morgan fingerprint density at radius 1 is 1.38 bits per heavy atom. The molecule has 6 heteroatoms. The molecule has 3 heterocycles. The lowest BCUT2D eigenvalue weighted by molar-refractivity contribution is 1.12. The lowest BCUT2D eigenvalue weighted by Crippen LogP contribution is -1.93. The first-order valence-electron chi connectivity index (χ1n) is 4.59. The summed E-state index contributed by atoms with van der Waals surface area (Å²) in [5, 5.41) is 10.3. The summed E-state index contributed by atoms with van der Waals surface area (Å²) in [4.78, 5) is 1.07. The molecule has 3 rings (SSSR count). The SMILES string of the molecule is Nc1cc(Br)c2nnc(-c3cccs3)n2c1. The highest BCUT2D eigenvalue weighted by Gasteiger charge is 2.11. The zero-order valence-electron chi connectivity index (χ0n) is 8.09. The molecule has 0 radical (unpaired) electrons. The zero-order chi connectivity index (χ0) is 11.1. The van der Waals surface area contributed by atoms with Gasteiger partial charge in [0, 0.05) is 11.9 Å². The molecule has 80 valence electrons. The van der Waals surface area contributed by atoms with Crippen molar-refractivity contribution in [1.29, 1.82) is 0 Å². The van der Waals surface area contributed by atoms with Crippen molar-refractivity contribution in [2.45, 2.75) is 0 Å². The third kappa shape index (κ3) is 1.42. The normalized spacial score (nSPS) is 11.1. The van der Waals surface area contributed by atoms with E-state index in [1.54, 1.807) is 11.3 Å². The van der Waals surface area contributed by atoms with Gasteiger partial charge in [-0.2, -0.15) is 0 Å². The first-order valence-corrected chi connectivity index (χ1v) is 6.26. The lowest BCUT2D eigenvalue weighted by Gasteiger charge is -2.00. The van der Waals surface area contributed by atoms with Crippen molar-refractivity contribution in [1.82, 2.24) is 14.6 Å². The molecule has 0 saturated heterocycles. The minimum absolute atomic E-state index is 0.678. The summed E-state index contributed by atoms with van der Waals surface area (Å²) < 4.78 is 2.74. The van der Waals surface area contributed by atoms with E-state index in [9.17, 15) is 0 Å². The van der Waals surface area contributed by atoms with Gasteiger partial charge in [0.25, 0.3) is 0 Å². The van der Waals surface area contributed by atoms with Gasteiger partial charge in [0.2, 0.25) is 0 Å². The summed E-state index contributed by atoms with van der Waals surface area (Å²) in [7, 11) is 0. The van der Waals surface area contributed by atoms with Crippen molar-refractivity contribution in [2.24, 2.45) is 0 Å². The maximum absolute atomic E-state index is 5.80. The van der Waals surface area contributed by atoms with E-state index in [0.29, 0.717) is 5.69 Å². The molecule has 2 N–H and O–H groups in total. The predicted molar refractivity (Wildman–Crippen MR) is 68.4 cm³/mol. The number of anilines is 1. The Labute approximate surface area is 104 Å². The van der Waals surface area contributed by atoms with Crippen molar-refractivity contribution in [3.63, 3.8) is 0 Å². The van der Waals surface area contributed by atoms with E-state index in [-0.39, 0.29) is 0 Å². The number of pyridine rings is 1. The number of fused-ring (bicyclic) bond motifs is 1. The molecule has 0 saturated carbocycles. The number of hydrogen-bond acceptors (Lipinski definition) is 4. The highest BCUT2D eigenvalue weighted by molar-refractivity contribution is 9.10. The topological polar surface area (TPSA) is 56.2 Å². The maximum Gasteiger partial charge on any atom is 0.178 e. The van der Waals surface area contributed by atoms with Crippen LogP contribution in [0.1, 0.15) is 0 Å². The van der Waals surface area contributed by atoms with Crippen molar-refractivity contribution in [3.8, 4) is 10.7 Å². The van der Waals surface area contributed by atoms with Gasteiger partial charge in [0.05, 0.1) is 9.35 Å². The van der Waals surface area contributed by atoms with Gasteiger partial charge in [-0.25, -0.2) is 0 Å². The Balaban J connectivity index is 2.35. The number of halogens is 1. The fraction of sp³-hybridized carbons (Fsp3) is 0. The van der Waals surface area contributed by atoms with Crippen LogP contribution >= 0.6 is 27.3 Å². The molecule has 0 aromatic carbocycles. The van der Waals surface area contributed by atoms with Crippen LogP contribution in [0.2, 0.25) is 0 Å². The van der Waals surface area contributed by atoms with Crippen molar-refractivity contribution < 1.29 is 0 Å². The standard InChI is InChI=1S/C10H7BrN4S/c11-7-4-6(12)5-15-9(7)13-14-10(15)8-2-1-3-16-8/h1-5H,12H2. The van der Waals surface area contributed by atoms with Gasteiger partial charge >= 0.3 is 0 Å². The minimum Gasteiger partial charge on any atom is -0.397 e. The van der Waals surface area contributed by atoms with Gasteiger partial charge in [-0.1, -0.05) is 6.07 Å². The highest BCUT2D eigenvalue weighted by Crippen LogP contribution is 2.27. The van der Waals surface area contributed by atoms with Crippen LogP contribution in [0.5, 0.6) is 0 Å². The van der Waals surface area contributed by atoms with E-state index in [1.807, 2.05) is 34.2 Å². The van der Waals surface area contributed by atoms with Crippen LogP contribution < -0.4 is 5.73 Å². The Morgan fingerprint density at radius 3 is 3.00 bits per heavy atom. The number of thiophene rings is 1. The molecule has 0 aliphatic carbocycles. The predicted octanol–water partition coefficient (Wildman–Crippen LogP) is 2.80. The molecule has 3 aromatic heterocycles. The van der Waals surface area contributed by atoms with Crippen LogP contribution in [0.25, 0.3) is 16.3 Å². The monoisotopic (exact) mass is 294 g/mol. The molecular weight excluding hydrogens is 288 g/mol. The second-order valence-corrected chi connectivity index (χ2v) is 5.12. The van der Waals surface area contributed by atoms with E-state index in [0.717, 1.165) is 20.8 Å². The molecule has 3 aromatic rings. The third-order valence-corrected chi connectivity index (χ3v) is 3.67. The van der Waals surface area contributed by atoms with Crippen LogP contribution in [-0.2, 0) is 0 Å². The molecule has 0 amide bonds. The molecule has 0 aliphatic heterocycles. The van der Waals surface area contributed by atoms with E-state index in [2.05, 4.69) is 26.1 Å². The Hall–Kier alpha value is -1.40. The average Bonchev–Trinajstić information content (AvgIpc) is 2.83. The minimum atomic E-state index is 0.678. The fourth-order valence-electron chi connectivity index (χ4n) is 1.55. The summed E-state index contributed by atoms with van der Waals surface area (Å²) in [5.74, 6) is 0.818. The van der Waals surface area contributed by atoms with Crippen molar-refractivity contribution >= 4 is 38.6 Å². The number of nitrogens with zero attached hydrogens (tertiary/aromatic N) is 3. The molecule has 16 heavy (non-hydrogen) atoms.